The summed E-state index contributed by atoms with van der Waals surface area (Å²) in [6.07, 6.45) is 3.80. The molecule has 0 bridgehead atoms. The number of carbonyl (C=O) groups excluding carboxylic acids is 1. The van der Waals surface area contributed by atoms with Crippen molar-refractivity contribution in [3.8, 4) is 0 Å². The number of aliphatic hydroxyl groups is 1. The summed E-state index contributed by atoms with van der Waals surface area (Å²) in [7, 11) is 0. The van der Waals surface area contributed by atoms with Crippen LogP contribution in [0.15, 0.2) is 18.2 Å². The molecule has 1 aromatic rings. The topological polar surface area (TPSA) is 43.8 Å². The predicted molar refractivity (Wildman–Crippen MR) is 84.0 cm³/mol. The summed E-state index contributed by atoms with van der Waals surface area (Å²) in [5.74, 6) is -0.837. The number of rotatable bonds is 4. The molecular weight excluding hydrogens is 314 g/mol. The number of piperidine rings is 1. The van der Waals surface area contributed by atoms with E-state index in [2.05, 4.69) is 0 Å². The van der Waals surface area contributed by atoms with Gasteiger partial charge in [-0.2, -0.15) is 0 Å². The minimum absolute atomic E-state index is 0.0113. The van der Waals surface area contributed by atoms with Gasteiger partial charge < -0.3 is 10.0 Å². The number of hydrogen-bond acceptors (Lipinski definition) is 3. The molecule has 24 heavy (non-hydrogen) atoms. The first-order valence-electron chi connectivity index (χ1n) is 8.65. The third-order valence-corrected chi connectivity index (χ3v) is 5.61. The predicted octanol–water partition coefficient (Wildman–Crippen LogP) is 1.91. The van der Waals surface area contributed by atoms with Gasteiger partial charge in [0.05, 0.1) is 11.6 Å². The average molecular weight is 336 g/mol. The molecule has 1 aromatic carbocycles. The van der Waals surface area contributed by atoms with Gasteiger partial charge in [-0.15, -0.1) is 0 Å². The normalized spacial score (nSPS) is 27.2. The van der Waals surface area contributed by atoms with E-state index in [1.165, 1.54) is 12.1 Å². The van der Waals surface area contributed by atoms with Crippen molar-refractivity contribution < 1.29 is 18.7 Å². The molecule has 2 heterocycles. The van der Waals surface area contributed by atoms with Crippen LogP contribution in [-0.2, 0) is 11.3 Å². The van der Waals surface area contributed by atoms with Crippen LogP contribution in [0.2, 0.25) is 0 Å². The van der Waals surface area contributed by atoms with Crippen molar-refractivity contribution >= 4 is 5.91 Å². The van der Waals surface area contributed by atoms with Crippen molar-refractivity contribution in [2.75, 3.05) is 19.6 Å². The van der Waals surface area contributed by atoms with Crippen LogP contribution in [0, 0.1) is 17.6 Å². The number of nitrogens with zero attached hydrogens (tertiary/aromatic N) is 2. The molecule has 130 valence electrons. The minimum Gasteiger partial charge on any atom is -0.387 e. The Balaban J connectivity index is 1.41. The van der Waals surface area contributed by atoms with Gasteiger partial charge in [0.2, 0.25) is 5.91 Å². The fourth-order valence-electron chi connectivity index (χ4n) is 4.03. The zero-order valence-corrected chi connectivity index (χ0v) is 13.5. The summed E-state index contributed by atoms with van der Waals surface area (Å²) in [5, 5.41) is 10.4. The lowest BCUT2D eigenvalue weighted by atomic mass is 9.85. The molecule has 1 aliphatic carbocycles. The van der Waals surface area contributed by atoms with Gasteiger partial charge in [0.1, 0.15) is 11.6 Å². The van der Waals surface area contributed by atoms with E-state index in [9.17, 15) is 18.7 Å². The van der Waals surface area contributed by atoms with E-state index in [0.29, 0.717) is 31.1 Å². The van der Waals surface area contributed by atoms with Gasteiger partial charge in [0.25, 0.3) is 0 Å². The highest BCUT2D eigenvalue weighted by Gasteiger charge is 2.54. The first kappa shape index (κ1) is 16.0. The van der Waals surface area contributed by atoms with Gasteiger partial charge >= 0.3 is 0 Å². The Bertz CT molecular complexity index is 656. The van der Waals surface area contributed by atoms with Crippen LogP contribution < -0.4 is 0 Å². The molecule has 1 N–H and O–H groups in total. The first-order chi connectivity index (χ1) is 11.5. The van der Waals surface area contributed by atoms with Crippen LogP contribution in [0.4, 0.5) is 8.78 Å². The smallest absolute Gasteiger partial charge is 0.240 e. The van der Waals surface area contributed by atoms with Crippen LogP contribution in [-0.4, -0.2) is 52.1 Å². The largest absolute Gasteiger partial charge is 0.387 e. The molecule has 6 heteroatoms. The highest BCUT2D eigenvalue weighted by atomic mass is 19.1. The summed E-state index contributed by atoms with van der Waals surface area (Å²) in [6.45, 7) is 1.88. The molecule has 4 nitrogen and oxygen atoms in total. The monoisotopic (exact) mass is 336 g/mol. The number of carbonyl (C=O) groups is 1. The van der Waals surface area contributed by atoms with E-state index in [1.54, 1.807) is 4.90 Å². The molecule has 4 rings (SSSR count). The molecule has 3 fully saturated rings. The van der Waals surface area contributed by atoms with Gasteiger partial charge in [-0.25, -0.2) is 8.78 Å². The number of benzene rings is 1. The molecule has 2 aliphatic heterocycles. The highest BCUT2D eigenvalue weighted by molar-refractivity contribution is 5.82. The second kappa shape index (κ2) is 5.77. The molecular formula is C18H22F2N2O2. The summed E-state index contributed by atoms with van der Waals surface area (Å²) in [4.78, 5) is 16.4. The maximum absolute atomic E-state index is 13.8. The molecule has 3 aliphatic rings. The van der Waals surface area contributed by atoms with E-state index in [0.717, 1.165) is 31.7 Å². The Morgan fingerprint density at radius 1 is 1.21 bits per heavy atom. The zero-order valence-electron chi connectivity index (χ0n) is 13.5. The van der Waals surface area contributed by atoms with E-state index in [4.69, 9.17) is 0 Å². The third kappa shape index (κ3) is 2.82. The molecule has 1 amide bonds. The zero-order chi connectivity index (χ0) is 16.9. The van der Waals surface area contributed by atoms with Crippen molar-refractivity contribution in [2.24, 2.45) is 5.92 Å². The summed E-state index contributed by atoms with van der Waals surface area (Å²) >= 11 is 0. The Morgan fingerprint density at radius 3 is 2.62 bits per heavy atom. The highest BCUT2D eigenvalue weighted by Crippen LogP contribution is 2.45. The number of amides is 1. The van der Waals surface area contributed by atoms with Crippen LogP contribution >= 0.6 is 0 Å². The fourth-order valence-corrected chi connectivity index (χ4v) is 4.03. The van der Waals surface area contributed by atoms with E-state index < -0.39 is 17.2 Å². The number of likely N-dealkylation sites (tertiary alicyclic amines) is 2. The SMILES string of the molecule is O=C1C(N2CC(O)(C3CC3)C2)CCCN1Cc1ccc(F)cc1F. The Morgan fingerprint density at radius 2 is 1.96 bits per heavy atom. The van der Waals surface area contributed by atoms with Gasteiger partial charge in [-0.3, -0.25) is 9.69 Å². The van der Waals surface area contributed by atoms with E-state index in [1.807, 2.05) is 4.90 Å². The number of β-amino-alcohol motifs (C(OH)–C–C–N with tert-alkyl or cyclic N) is 1. The maximum Gasteiger partial charge on any atom is 0.240 e. The van der Waals surface area contributed by atoms with Gasteiger partial charge in [-0.1, -0.05) is 6.07 Å². The van der Waals surface area contributed by atoms with Crippen LogP contribution in [0.25, 0.3) is 0 Å². The molecule has 1 atom stereocenters. The third-order valence-electron chi connectivity index (χ3n) is 5.61. The van der Waals surface area contributed by atoms with Gasteiger partial charge in [0, 0.05) is 37.8 Å². The fraction of sp³-hybridized carbons (Fsp3) is 0.611. The molecule has 1 unspecified atom stereocenters. The Labute approximate surface area is 140 Å². The minimum atomic E-state index is -0.614. The number of halogens is 2. The standard InChI is InChI=1S/C18H22F2N2O2/c19-14-6-3-12(15(20)8-14)9-21-7-1-2-16(17(21)23)22-10-18(24,11-22)13-4-5-13/h3,6,8,13,16,24H,1-2,4-5,7,9-11H2. The molecule has 0 aromatic heterocycles. The van der Waals surface area contributed by atoms with Crippen molar-refractivity contribution in [1.82, 2.24) is 9.80 Å². The lowest BCUT2D eigenvalue weighted by molar-refractivity contribution is -0.161. The second-order valence-electron chi connectivity index (χ2n) is 7.44. The summed E-state index contributed by atoms with van der Waals surface area (Å²) < 4.78 is 26.9. The van der Waals surface area contributed by atoms with Gasteiger partial charge in [-0.05, 0) is 37.7 Å². The quantitative estimate of drug-likeness (QED) is 0.913. The van der Waals surface area contributed by atoms with Crippen LogP contribution in [0.3, 0.4) is 0 Å². The van der Waals surface area contributed by atoms with Crippen LogP contribution in [0.1, 0.15) is 31.2 Å². The summed E-state index contributed by atoms with van der Waals surface area (Å²) in [5.41, 5.74) is -0.269. The average Bonchev–Trinajstić information content (AvgIpc) is 3.34. The van der Waals surface area contributed by atoms with Crippen molar-refractivity contribution in [1.29, 1.82) is 0 Å². The van der Waals surface area contributed by atoms with E-state index >= 15 is 0 Å². The number of hydrogen-bond donors (Lipinski definition) is 1. The lowest BCUT2D eigenvalue weighted by Gasteiger charge is -2.51. The Hall–Kier alpha value is -1.53. The van der Waals surface area contributed by atoms with Gasteiger partial charge in [0.15, 0.2) is 0 Å². The molecule has 0 radical (unpaired) electrons. The molecule has 2 saturated heterocycles. The lowest BCUT2D eigenvalue weighted by Crippen LogP contribution is -2.68. The van der Waals surface area contributed by atoms with Crippen LogP contribution in [0.5, 0.6) is 0 Å². The van der Waals surface area contributed by atoms with Crippen molar-refractivity contribution in [2.45, 2.75) is 43.9 Å². The maximum atomic E-state index is 13.8. The molecule has 0 spiro atoms. The van der Waals surface area contributed by atoms with Crippen molar-refractivity contribution in [3.05, 3.63) is 35.4 Å². The first-order valence-corrected chi connectivity index (χ1v) is 8.65. The summed E-state index contributed by atoms with van der Waals surface area (Å²) in [6, 6.07) is 3.25. The van der Waals surface area contributed by atoms with E-state index in [-0.39, 0.29) is 18.5 Å². The second-order valence-corrected chi connectivity index (χ2v) is 7.44. The molecule has 1 saturated carbocycles. The Kier molecular flexibility index (Phi) is 3.84. The van der Waals surface area contributed by atoms with Crippen molar-refractivity contribution in [3.63, 3.8) is 0 Å².